The minimum Gasteiger partial charge on any atom is -0.106 e. The summed E-state index contributed by atoms with van der Waals surface area (Å²) in [6.45, 7) is 6.42. The van der Waals surface area contributed by atoms with Gasteiger partial charge in [-0.05, 0) is 19.8 Å². The first kappa shape index (κ1) is 11.6. The molecule has 0 saturated carbocycles. The van der Waals surface area contributed by atoms with E-state index >= 15 is 0 Å². The second-order valence-corrected chi connectivity index (χ2v) is 3.35. The van der Waals surface area contributed by atoms with E-state index in [-0.39, 0.29) is 0 Å². The molecule has 0 aliphatic heterocycles. The molecule has 0 aliphatic rings. The molecule has 0 fully saturated rings. The largest absolute Gasteiger partial charge is 0.106 e. The Morgan fingerprint density at radius 1 is 1.08 bits per heavy atom. The van der Waals surface area contributed by atoms with Crippen LogP contribution in [0.3, 0.4) is 0 Å². The molecule has 0 heteroatoms. The van der Waals surface area contributed by atoms with Crippen molar-refractivity contribution in [3.05, 3.63) is 0 Å². The van der Waals surface area contributed by atoms with Gasteiger partial charge in [-0.1, -0.05) is 39.5 Å². The fraction of sp³-hybridized carbons (Fsp3) is 0.833. The lowest BCUT2D eigenvalue weighted by molar-refractivity contribution is 0.531. The first-order valence-electron chi connectivity index (χ1n) is 5.27. The van der Waals surface area contributed by atoms with E-state index in [1.165, 1.54) is 38.5 Å². The SMILES string of the molecule is CC#CC(CC)CCCCCC. The topological polar surface area (TPSA) is 0 Å². The first-order valence-corrected chi connectivity index (χ1v) is 5.27. The monoisotopic (exact) mass is 166 g/mol. The molecule has 0 aromatic rings. The maximum Gasteiger partial charge on any atom is 0.0200 e. The Bertz CT molecular complexity index is 136. The minimum absolute atomic E-state index is 0.659. The number of hydrogen-bond acceptors (Lipinski definition) is 0. The molecule has 0 N–H and O–H groups in total. The van der Waals surface area contributed by atoms with E-state index in [0.717, 1.165) is 0 Å². The zero-order chi connectivity index (χ0) is 9.23. The van der Waals surface area contributed by atoms with Crippen LogP contribution in [0.15, 0.2) is 0 Å². The molecule has 0 heterocycles. The van der Waals surface area contributed by atoms with Gasteiger partial charge in [0.2, 0.25) is 0 Å². The second-order valence-electron chi connectivity index (χ2n) is 3.35. The third-order valence-corrected chi connectivity index (χ3v) is 2.25. The molecule has 0 rings (SSSR count). The van der Waals surface area contributed by atoms with Gasteiger partial charge in [0.1, 0.15) is 0 Å². The van der Waals surface area contributed by atoms with E-state index in [4.69, 9.17) is 0 Å². The Labute approximate surface area is 77.8 Å². The molecule has 0 bridgehead atoms. The van der Waals surface area contributed by atoms with E-state index in [0.29, 0.717) is 5.92 Å². The maximum atomic E-state index is 3.26. The molecule has 0 saturated heterocycles. The Balaban J connectivity index is 3.36. The van der Waals surface area contributed by atoms with Crippen molar-refractivity contribution in [3.8, 4) is 11.8 Å². The molecule has 0 aromatic carbocycles. The summed E-state index contributed by atoms with van der Waals surface area (Å²) in [4.78, 5) is 0. The highest BCUT2D eigenvalue weighted by molar-refractivity contribution is 5.00. The van der Waals surface area contributed by atoms with Crippen LogP contribution in [0.2, 0.25) is 0 Å². The molecule has 0 nitrogen and oxygen atoms in total. The summed E-state index contributed by atoms with van der Waals surface area (Å²) in [5.41, 5.74) is 0. The summed E-state index contributed by atoms with van der Waals surface area (Å²) in [5, 5.41) is 0. The van der Waals surface area contributed by atoms with Crippen LogP contribution in [-0.2, 0) is 0 Å². The van der Waals surface area contributed by atoms with Gasteiger partial charge in [-0.2, -0.15) is 0 Å². The molecular formula is C12H22. The van der Waals surface area contributed by atoms with Crippen LogP contribution >= 0.6 is 0 Å². The summed E-state index contributed by atoms with van der Waals surface area (Å²) in [5.74, 6) is 6.93. The van der Waals surface area contributed by atoms with Crippen molar-refractivity contribution >= 4 is 0 Å². The smallest absolute Gasteiger partial charge is 0.0200 e. The maximum absolute atomic E-state index is 3.26. The summed E-state index contributed by atoms with van der Waals surface area (Å²) < 4.78 is 0. The summed E-state index contributed by atoms with van der Waals surface area (Å²) in [6, 6.07) is 0. The average Bonchev–Trinajstić information content (AvgIpc) is 2.10. The van der Waals surface area contributed by atoms with Crippen LogP contribution in [0, 0.1) is 17.8 Å². The van der Waals surface area contributed by atoms with Gasteiger partial charge in [-0.25, -0.2) is 0 Å². The first-order chi connectivity index (χ1) is 5.85. The Morgan fingerprint density at radius 2 is 1.83 bits per heavy atom. The normalized spacial score (nSPS) is 11.9. The van der Waals surface area contributed by atoms with Gasteiger partial charge in [0.25, 0.3) is 0 Å². The van der Waals surface area contributed by atoms with Gasteiger partial charge in [0.15, 0.2) is 0 Å². The highest BCUT2D eigenvalue weighted by Gasteiger charge is 2.00. The van der Waals surface area contributed by atoms with Crippen molar-refractivity contribution in [3.63, 3.8) is 0 Å². The highest BCUT2D eigenvalue weighted by Crippen LogP contribution is 2.12. The molecule has 1 atom stereocenters. The van der Waals surface area contributed by atoms with Crippen LogP contribution < -0.4 is 0 Å². The summed E-state index contributed by atoms with van der Waals surface area (Å²) in [6.07, 6.45) is 7.98. The molecular weight excluding hydrogens is 144 g/mol. The molecule has 0 amide bonds. The van der Waals surface area contributed by atoms with Gasteiger partial charge in [-0.15, -0.1) is 11.8 Å². The van der Waals surface area contributed by atoms with Crippen molar-refractivity contribution in [1.29, 1.82) is 0 Å². The molecule has 12 heavy (non-hydrogen) atoms. The van der Waals surface area contributed by atoms with Crippen molar-refractivity contribution in [2.24, 2.45) is 5.92 Å². The lowest BCUT2D eigenvalue weighted by atomic mass is 9.99. The molecule has 0 aromatic heterocycles. The van der Waals surface area contributed by atoms with Crippen molar-refractivity contribution in [2.45, 2.75) is 59.3 Å². The second kappa shape index (κ2) is 8.65. The lowest BCUT2D eigenvalue weighted by Gasteiger charge is -2.06. The predicted octanol–water partition coefficient (Wildman–Crippen LogP) is 4.01. The quantitative estimate of drug-likeness (QED) is 0.413. The zero-order valence-electron chi connectivity index (χ0n) is 8.82. The Hall–Kier alpha value is -0.440. The zero-order valence-corrected chi connectivity index (χ0v) is 8.82. The highest BCUT2D eigenvalue weighted by atomic mass is 14.0. The molecule has 0 aliphatic carbocycles. The molecule has 0 radical (unpaired) electrons. The Morgan fingerprint density at radius 3 is 2.33 bits per heavy atom. The molecule has 0 spiro atoms. The van der Waals surface area contributed by atoms with E-state index in [1.807, 2.05) is 6.92 Å². The van der Waals surface area contributed by atoms with Crippen molar-refractivity contribution in [1.82, 2.24) is 0 Å². The fourth-order valence-electron chi connectivity index (χ4n) is 1.40. The van der Waals surface area contributed by atoms with E-state index in [9.17, 15) is 0 Å². The van der Waals surface area contributed by atoms with Crippen LogP contribution in [0.1, 0.15) is 59.3 Å². The van der Waals surface area contributed by atoms with E-state index in [1.54, 1.807) is 0 Å². The lowest BCUT2D eigenvalue weighted by Crippen LogP contribution is -1.94. The molecule has 70 valence electrons. The third kappa shape index (κ3) is 6.28. The fourth-order valence-corrected chi connectivity index (χ4v) is 1.40. The Kier molecular flexibility index (Phi) is 8.34. The summed E-state index contributed by atoms with van der Waals surface area (Å²) >= 11 is 0. The van der Waals surface area contributed by atoms with Gasteiger partial charge in [0.05, 0.1) is 0 Å². The minimum atomic E-state index is 0.659. The van der Waals surface area contributed by atoms with Gasteiger partial charge < -0.3 is 0 Å². The van der Waals surface area contributed by atoms with Crippen molar-refractivity contribution < 1.29 is 0 Å². The van der Waals surface area contributed by atoms with Crippen LogP contribution in [0.4, 0.5) is 0 Å². The van der Waals surface area contributed by atoms with Gasteiger partial charge in [0, 0.05) is 5.92 Å². The average molecular weight is 166 g/mol. The third-order valence-electron chi connectivity index (χ3n) is 2.25. The van der Waals surface area contributed by atoms with E-state index < -0.39 is 0 Å². The number of rotatable bonds is 6. The number of hydrogen-bond donors (Lipinski definition) is 0. The number of unbranched alkanes of at least 4 members (excludes halogenated alkanes) is 3. The van der Waals surface area contributed by atoms with Gasteiger partial charge in [-0.3, -0.25) is 0 Å². The van der Waals surface area contributed by atoms with Crippen LogP contribution in [-0.4, -0.2) is 0 Å². The van der Waals surface area contributed by atoms with E-state index in [2.05, 4.69) is 25.7 Å². The van der Waals surface area contributed by atoms with Gasteiger partial charge >= 0.3 is 0 Å². The van der Waals surface area contributed by atoms with Crippen molar-refractivity contribution in [2.75, 3.05) is 0 Å². The molecule has 1 unspecified atom stereocenters. The standard InChI is InChI=1S/C12H22/c1-4-7-8-9-11-12(6-3)10-5-2/h12H,4,6-9,11H2,1-3H3. The summed E-state index contributed by atoms with van der Waals surface area (Å²) in [7, 11) is 0. The van der Waals surface area contributed by atoms with Crippen LogP contribution in [0.5, 0.6) is 0 Å². The predicted molar refractivity (Wildman–Crippen MR) is 56.0 cm³/mol. The van der Waals surface area contributed by atoms with Crippen LogP contribution in [0.25, 0.3) is 0 Å².